The summed E-state index contributed by atoms with van der Waals surface area (Å²) in [5.74, 6) is 0.565. The fraction of sp³-hybridized carbons (Fsp3) is 0.889. The Morgan fingerprint density at radius 1 is 1.45 bits per heavy atom. The quantitative estimate of drug-likeness (QED) is 0.650. The lowest BCUT2D eigenvalue weighted by molar-refractivity contribution is -0.122. The summed E-state index contributed by atoms with van der Waals surface area (Å²) in [6.07, 6.45) is 0.625. The van der Waals surface area contributed by atoms with Gasteiger partial charge in [-0.2, -0.15) is 0 Å². The average Bonchev–Trinajstić information content (AvgIpc) is 1.85. The van der Waals surface area contributed by atoms with Gasteiger partial charge < -0.3 is 5.32 Å². The summed E-state index contributed by atoms with van der Waals surface area (Å²) in [4.78, 5) is 11.0. The van der Waals surface area contributed by atoms with E-state index in [0.29, 0.717) is 12.3 Å². The van der Waals surface area contributed by atoms with Crippen LogP contribution in [0.15, 0.2) is 0 Å². The van der Waals surface area contributed by atoms with Crippen LogP contribution in [0.5, 0.6) is 0 Å². The van der Waals surface area contributed by atoms with Crippen molar-refractivity contribution in [2.75, 3.05) is 7.05 Å². The third kappa shape index (κ3) is 4.02. The number of nitrogens with one attached hydrogen (secondary N) is 1. The average molecular weight is 157 g/mol. The third-order valence-corrected chi connectivity index (χ3v) is 2.25. The van der Waals surface area contributed by atoms with Crippen LogP contribution in [-0.2, 0) is 4.79 Å². The van der Waals surface area contributed by atoms with E-state index < -0.39 is 0 Å². The lowest BCUT2D eigenvalue weighted by Gasteiger charge is -2.26. The van der Waals surface area contributed by atoms with E-state index in [0.717, 1.165) is 0 Å². The number of amides is 1. The second-order valence-electron chi connectivity index (χ2n) is 4.14. The molecule has 0 rings (SSSR count). The molecule has 1 atom stereocenters. The molecule has 0 aromatic carbocycles. The van der Waals surface area contributed by atoms with Crippen molar-refractivity contribution in [3.63, 3.8) is 0 Å². The van der Waals surface area contributed by atoms with E-state index in [9.17, 15) is 4.79 Å². The molecule has 0 spiro atoms. The minimum atomic E-state index is 0.132. The molecule has 66 valence electrons. The summed E-state index contributed by atoms with van der Waals surface area (Å²) in [7, 11) is 1.68. The van der Waals surface area contributed by atoms with Crippen LogP contribution >= 0.6 is 0 Å². The molecule has 0 fully saturated rings. The third-order valence-electron chi connectivity index (χ3n) is 2.25. The molecule has 11 heavy (non-hydrogen) atoms. The minimum absolute atomic E-state index is 0.132. The van der Waals surface area contributed by atoms with Crippen LogP contribution in [0.1, 0.15) is 34.1 Å². The molecule has 2 nitrogen and oxygen atoms in total. The van der Waals surface area contributed by atoms with Crippen LogP contribution in [0.2, 0.25) is 0 Å². The number of hydrogen-bond donors (Lipinski definition) is 1. The summed E-state index contributed by atoms with van der Waals surface area (Å²) in [6, 6.07) is 0. The zero-order valence-electron chi connectivity index (χ0n) is 8.19. The Morgan fingerprint density at radius 2 is 1.91 bits per heavy atom. The molecule has 0 aromatic heterocycles. The van der Waals surface area contributed by atoms with Crippen LogP contribution in [0.25, 0.3) is 0 Å². The highest BCUT2D eigenvalue weighted by Crippen LogP contribution is 2.27. The molecule has 0 aliphatic carbocycles. The first kappa shape index (κ1) is 10.5. The topological polar surface area (TPSA) is 29.1 Å². The van der Waals surface area contributed by atoms with Crippen molar-refractivity contribution in [1.82, 2.24) is 5.32 Å². The van der Waals surface area contributed by atoms with Crippen LogP contribution in [0.3, 0.4) is 0 Å². The first-order valence-electron chi connectivity index (χ1n) is 4.08. The van der Waals surface area contributed by atoms with Gasteiger partial charge in [-0.25, -0.2) is 0 Å². The highest BCUT2D eigenvalue weighted by molar-refractivity contribution is 5.75. The second kappa shape index (κ2) is 3.74. The molecule has 0 saturated heterocycles. The van der Waals surface area contributed by atoms with Gasteiger partial charge in [0.25, 0.3) is 0 Å². The second-order valence-corrected chi connectivity index (χ2v) is 4.14. The van der Waals surface area contributed by atoms with E-state index >= 15 is 0 Å². The largest absolute Gasteiger partial charge is 0.359 e. The number of carbonyl (C=O) groups is 1. The predicted molar refractivity (Wildman–Crippen MR) is 47.3 cm³/mol. The van der Waals surface area contributed by atoms with Gasteiger partial charge in [0.2, 0.25) is 5.91 Å². The van der Waals surface area contributed by atoms with E-state index in [1.807, 2.05) is 0 Å². The first-order valence-corrected chi connectivity index (χ1v) is 4.08. The van der Waals surface area contributed by atoms with Crippen molar-refractivity contribution in [1.29, 1.82) is 0 Å². The van der Waals surface area contributed by atoms with Crippen LogP contribution < -0.4 is 5.32 Å². The summed E-state index contributed by atoms with van der Waals surface area (Å²) in [5.41, 5.74) is 0.229. The molecule has 0 heterocycles. The lowest BCUT2D eigenvalue weighted by atomic mass is 9.80. The Morgan fingerprint density at radius 3 is 2.18 bits per heavy atom. The maximum absolute atomic E-state index is 11.0. The number of rotatable bonds is 2. The molecular weight excluding hydrogens is 138 g/mol. The maximum Gasteiger partial charge on any atom is 0.220 e. The van der Waals surface area contributed by atoms with E-state index in [2.05, 4.69) is 33.0 Å². The van der Waals surface area contributed by atoms with Gasteiger partial charge in [-0.3, -0.25) is 4.79 Å². The monoisotopic (exact) mass is 157 g/mol. The summed E-state index contributed by atoms with van der Waals surface area (Å²) in [6.45, 7) is 8.57. The van der Waals surface area contributed by atoms with Crippen molar-refractivity contribution < 1.29 is 4.79 Å². The smallest absolute Gasteiger partial charge is 0.220 e. The van der Waals surface area contributed by atoms with Crippen molar-refractivity contribution in [2.45, 2.75) is 34.1 Å². The lowest BCUT2D eigenvalue weighted by Crippen LogP contribution is -2.26. The molecule has 0 saturated carbocycles. The van der Waals surface area contributed by atoms with Gasteiger partial charge in [0.15, 0.2) is 0 Å². The van der Waals surface area contributed by atoms with Crippen LogP contribution in [-0.4, -0.2) is 13.0 Å². The zero-order chi connectivity index (χ0) is 9.07. The van der Waals surface area contributed by atoms with E-state index in [-0.39, 0.29) is 11.3 Å². The van der Waals surface area contributed by atoms with E-state index in [1.54, 1.807) is 7.05 Å². The molecular formula is C9H19NO. The Balaban J connectivity index is 3.87. The van der Waals surface area contributed by atoms with Gasteiger partial charge >= 0.3 is 0 Å². The van der Waals surface area contributed by atoms with Gasteiger partial charge in [0.05, 0.1) is 0 Å². The summed E-state index contributed by atoms with van der Waals surface area (Å²) >= 11 is 0. The highest BCUT2D eigenvalue weighted by atomic mass is 16.1. The van der Waals surface area contributed by atoms with Gasteiger partial charge in [-0.15, -0.1) is 0 Å². The molecule has 2 heteroatoms. The van der Waals surface area contributed by atoms with Crippen LogP contribution in [0.4, 0.5) is 0 Å². The Bertz CT molecular complexity index is 135. The van der Waals surface area contributed by atoms with Gasteiger partial charge in [-0.1, -0.05) is 27.7 Å². The zero-order valence-corrected chi connectivity index (χ0v) is 8.19. The SMILES string of the molecule is CNC(=O)C[C@@H](C)C(C)(C)C. The Labute approximate surface area is 69.4 Å². The van der Waals surface area contributed by atoms with Crippen molar-refractivity contribution in [3.05, 3.63) is 0 Å². The fourth-order valence-corrected chi connectivity index (χ4v) is 0.686. The van der Waals surface area contributed by atoms with Crippen molar-refractivity contribution in [2.24, 2.45) is 11.3 Å². The van der Waals surface area contributed by atoms with Gasteiger partial charge in [0.1, 0.15) is 0 Å². The van der Waals surface area contributed by atoms with E-state index in [1.165, 1.54) is 0 Å². The molecule has 0 aliphatic heterocycles. The first-order chi connectivity index (χ1) is 4.88. The van der Waals surface area contributed by atoms with Crippen LogP contribution in [0, 0.1) is 11.3 Å². The van der Waals surface area contributed by atoms with Crippen molar-refractivity contribution >= 4 is 5.91 Å². The molecule has 0 unspecified atom stereocenters. The molecule has 1 amide bonds. The summed E-state index contributed by atoms with van der Waals surface area (Å²) < 4.78 is 0. The summed E-state index contributed by atoms with van der Waals surface area (Å²) in [5, 5.41) is 2.63. The maximum atomic E-state index is 11.0. The molecule has 0 radical (unpaired) electrons. The standard InChI is InChI=1S/C9H19NO/c1-7(9(2,3)4)6-8(11)10-5/h7H,6H2,1-5H3,(H,10,11)/t7-/m1/s1. The fourth-order valence-electron chi connectivity index (χ4n) is 0.686. The van der Waals surface area contributed by atoms with Gasteiger partial charge in [-0.05, 0) is 11.3 Å². The Kier molecular flexibility index (Phi) is 3.56. The highest BCUT2D eigenvalue weighted by Gasteiger charge is 2.21. The predicted octanol–water partition coefficient (Wildman–Crippen LogP) is 1.80. The molecule has 1 N–H and O–H groups in total. The van der Waals surface area contributed by atoms with Gasteiger partial charge in [0, 0.05) is 13.5 Å². The normalized spacial score (nSPS) is 14.3. The Hall–Kier alpha value is -0.530. The van der Waals surface area contributed by atoms with E-state index in [4.69, 9.17) is 0 Å². The number of carbonyl (C=O) groups excluding carboxylic acids is 1. The van der Waals surface area contributed by atoms with Crippen molar-refractivity contribution in [3.8, 4) is 0 Å². The number of hydrogen-bond acceptors (Lipinski definition) is 1. The minimum Gasteiger partial charge on any atom is -0.359 e. The molecule has 0 bridgehead atoms. The molecule has 0 aromatic rings. The molecule has 0 aliphatic rings.